The van der Waals surface area contributed by atoms with Gasteiger partial charge < -0.3 is 15.8 Å². The van der Waals surface area contributed by atoms with Gasteiger partial charge in [0.05, 0.1) is 5.02 Å². The molecule has 0 fully saturated rings. The average Bonchev–Trinajstić information content (AvgIpc) is 2.37. The number of carbonyl (C=O) groups excluding carboxylic acids is 1. The molecule has 0 aromatic heterocycles. The molecule has 21 heavy (non-hydrogen) atoms. The SMILES string of the molecule is CCC(C)(C)NC(=O)COc1c(Cl)cccc1CC(C)N. The van der Waals surface area contributed by atoms with Crippen LogP contribution in [0.1, 0.15) is 39.7 Å². The molecule has 3 N–H and O–H groups in total. The fourth-order valence-corrected chi connectivity index (χ4v) is 2.11. The number of rotatable bonds is 7. The van der Waals surface area contributed by atoms with E-state index in [9.17, 15) is 4.79 Å². The normalized spacial score (nSPS) is 12.9. The summed E-state index contributed by atoms with van der Waals surface area (Å²) in [5.41, 5.74) is 6.50. The molecule has 0 spiro atoms. The quantitative estimate of drug-likeness (QED) is 0.813. The maximum absolute atomic E-state index is 11.9. The Kier molecular flexibility index (Phi) is 6.49. The summed E-state index contributed by atoms with van der Waals surface area (Å²) >= 11 is 6.16. The molecule has 0 aliphatic heterocycles. The Morgan fingerprint density at radius 1 is 1.48 bits per heavy atom. The summed E-state index contributed by atoms with van der Waals surface area (Å²) in [6.07, 6.45) is 1.50. The molecule has 118 valence electrons. The first-order chi connectivity index (χ1) is 9.75. The number of hydrogen-bond donors (Lipinski definition) is 2. The van der Waals surface area contributed by atoms with Crippen molar-refractivity contribution < 1.29 is 9.53 Å². The lowest BCUT2D eigenvalue weighted by Crippen LogP contribution is -2.45. The van der Waals surface area contributed by atoms with Crippen molar-refractivity contribution in [1.82, 2.24) is 5.32 Å². The molecule has 1 atom stereocenters. The van der Waals surface area contributed by atoms with Crippen LogP contribution in [-0.2, 0) is 11.2 Å². The number of halogens is 1. The summed E-state index contributed by atoms with van der Waals surface area (Å²) in [6.45, 7) is 7.83. The molecule has 0 aliphatic rings. The fourth-order valence-electron chi connectivity index (χ4n) is 1.86. The molecule has 1 rings (SSSR count). The molecule has 0 radical (unpaired) electrons. The van der Waals surface area contributed by atoms with Crippen molar-refractivity contribution in [1.29, 1.82) is 0 Å². The van der Waals surface area contributed by atoms with Crippen LogP contribution in [0.2, 0.25) is 5.02 Å². The standard InChI is InChI=1S/C16H25ClN2O2/c1-5-16(3,4)19-14(20)10-21-15-12(9-11(2)18)7-6-8-13(15)17/h6-8,11H,5,9-10,18H2,1-4H3,(H,19,20). The number of nitrogens with one attached hydrogen (secondary N) is 1. The van der Waals surface area contributed by atoms with Gasteiger partial charge in [0.1, 0.15) is 5.75 Å². The van der Waals surface area contributed by atoms with Crippen LogP contribution in [0.4, 0.5) is 0 Å². The van der Waals surface area contributed by atoms with E-state index in [1.807, 2.05) is 39.8 Å². The van der Waals surface area contributed by atoms with Gasteiger partial charge in [-0.1, -0.05) is 30.7 Å². The van der Waals surface area contributed by atoms with E-state index in [4.69, 9.17) is 22.1 Å². The number of ether oxygens (including phenoxy) is 1. The van der Waals surface area contributed by atoms with Crippen molar-refractivity contribution in [2.75, 3.05) is 6.61 Å². The zero-order valence-corrected chi connectivity index (χ0v) is 14.0. The summed E-state index contributed by atoms with van der Waals surface area (Å²) in [7, 11) is 0. The first kappa shape index (κ1) is 17.8. The van der Waals surface area contributed by atoms with Gasteiger partial charge in [0.2, 0.25) is 0 Å². The smallest absolute Gasteiger partial charge is 0.258 e. The predicted molar refractivity (Wildman–Crippen MR) is 86.8 cm³/mol. The number of carbonyl (C=O) groups is 1. The van der Waals surface area contributed by atoms with Crippen molar-refractivity contribution in [3.63, 3.8) is 0 Å². The first-order valence-corrected chi connectivity index (χ1v) is 7.59. The molecule has 0 saturated carbocycles. The molecule has 4 nitrogen and oxygen atoms in total. The lowest BCUT2D eigenvalue weighted by Gasteiger charge is -2.24. The second kappa shape index (κ2) is 7.66. The summed E-state index contributed by atoms with van der Waals surface area (Å²) in [5, 5.41) is 3.42. The molecular weight excluding hydrogens is 288 g/mol. The van der Waals surface area contributed by atoms with E-state index >= 15 is 0 Å². The Morgan fingerprint density at radius 3 is 2.71 bits per heavy atom. The minimum atomic E-state index is -0.241. The van der Waals surface area contributed by atoms with Gasteiger partial charge in [-0.3, -0.25) is 4.79 Å². The number of para-hydroxylation sites is 1. The number of amides is 1. The molecule has 1 amide bonds. The Bertz CT molecular complexity index is 487. The van der Waals surface area contributed by atoms with Gasteiger partial charge in [0.15, 0.2) is 6.61 Å². The Labute approximate surface area is 132 Å². The maximum atomic E-state index is 11.9. The zero-order chi connectivity index (χ0) is 16.0. The molecule has 5 heteroatoms. The van der Waals surface area contributed by atoms with Crippen LogP contribution in [0, 0.1) is 0 Å². The topological polar surface area (TPSA) is 64.3 Å². The molecule has 1 aromatic carbocycles. The molecule has 1 aromatic rings. The second-order valence-electron chi connectivity index (χ2n) is 5.98. The number of hydrogen-bond acceptors (Lipinski definition) is 3. The van der Waals surface area contributed by atoms with Gasteiger partial charge in [-0.15, -0.1) is 0 Å². The Balaban J connectivity index is 2.73. The Morgan fingerprint density at radius 2 is 2.14 bits per heavy atom. The minimum absolute atomic E-state index is 0.00123. The van der Waals surface area contributed by atoms with Crippen molar-refractivity contribution in [3.8, 4) is 5.75 Å². The molecule has 1 unspecified atom stereocenters. The third kappa shape index (κ3) is 5.94. The van der Waals surface area contributed by atoms with Gasteiger partial charge in [-0.05, 0) is 45.2 Å². The molecule has 0 aliphatic carbocycles. The highest BCUT2D eigenvalue weighted by molar-refractivity contribution is 6.32. The van der Waals surface area contributed by atoms with Gasteiger partial charge in [0, 0.05) is 11.6 Å². The average molecular weight is 313 g/mol. The molecular formula is C16H25ClN2O2. The van der Waals surface area contributed by atoms with Gasteiger partial charge in [-0.2, -0.15) is 0 Å². The van der Waals surface area contributed by atoms with Crippen LogP contribution in [-0.4, -0.2) is 24.1 Å². The lowest BCUT2D eigenvalue weighted by atomic mass is 10.0. The highest BCUT2D eigenvalue weighted by Crippen LogP contribution is 2.29. The minimum Gasteiger partial charge on any atom is -0.482 e. The van der Waals surface area contributed by atoms with Gasteiger partial charge in [-0.25, -0.2) is 0 Å². The monoisotopic (exact) mass is 312 g/mol. The third-order valence-electron chi connectivity index (χ3n) is 3.30. The Hall–Kier alpha value is -1.26. The van der Waals surface area contributed by atoms with E-state index in [1.54, 1.807) is 6.07 Å². The van der Waals surface area contributed by atoms with Crippen LogP contribution in [0.3, 0.4) is 0 Å². The van der Waals surface area contributed by atoms with Crippen LogP contribution >= 0.6 is 11.6 Å². The second-order valence-corrected chi connectivity index (χ2v) is 6.39. The number of nitrogens with two attached hydrogens (primary N) is 1. The highest BCUT2D eigenvalue weighted by atomic mass is 35.5. The van der Waals surface area contributed by atoms with E-state index in [0.29, 0.717) is 17.2 Å². The lowest BCUT2D eigenvalue weighted by molar-refractivity contribution is -0.124. The van der Waals surface area contributed by atoms with Gasteiger partial charge in [0.25, 0.3) is 5.91 Å². The third-order valence-corrected chi connectivity index (χ3v) is 3.60. The largest absolute Gasteiger partial charge is 0.482 e. The fraction of sp³-hybridized carbons (Fsp3) is 0.562. The van der Waals surface area contributed by atoms with E-state index < -0.39 is 0 Å². The van der Waals surface area contributed by atoms with Crippen LogP contribution in [0.25, 0.3) is 0 Å². The van der Waals surface area contributed by atoms with Crippen LogP contribution in [0.15, 0.2) is 18.2 Å². The van der Waals surface area contributed by atoms with Crippen LogP contribution in [0.5, 0.6) is 5.75 Å². The molecule has 0 bridgehead atoms. The van der Waals surface area contributed by atoms with E-state index in [-0.39, 0.29) is 24.1 Å². The summed E-state index contributed by atoms with van der Waals surface area (Å²) < 4.78 is 5.62. The van der Waals surface area contributed by atoms with Crippen molar-refractivity contribution in [2.45, 2.75) is 52.1 Å². The van der Waals surface area contributed by atoms with Crippen LogP contribution < -0.4 is 15.8 Å². The van der Waals surface area contributed by atoms with Crippen molar-refractivity contribution >= 4 is 17.5 Å². The molecule has 0 heterocycles. The summed E-state index contributed by atoms with van der Waals surface area (Å²) in [4.78, 5) is 11.9. The summed E-state index contributed by atoms with van der Waals surface area (Å²) in [6, 6.07) is 5.51. The predicted octanol–water partition coefficient (Wildman–Crippen LogP) is 2.91. The number of benzene rings is 1. The summed E-state index contributed by atoms with van der Waals surface area (Å²) in [5.74, 6) is 0.384. The van der Waals surface area contributed by atoms with E-state index in [2.05, 4.69) is 5.32 Å². The van der Waals surface area contributed by atoms with Gasteiger partial charge >= 0.3 is 0 Å². The molecule has 0 saturated heterocycles. The first-order valence-electron chi connectivity index (χ1n) is 7.22. The van der Waals surface area contributed by atoms with Crippen molar-refractivity contribution in [2.24, 2.45) is 5.73 Å². The van der Waals surface area contributed by atoms with E-state index in [1.165, 1.54) is 0 Å². The van der Waals surface area contributed by atoms with Crippen molar-refractivity contribution in [3.05, 3.63) is 28.8 Å². The maximum Gasteiger partial charge on any atom is 0.258 e. The van der Waals surface area contributed by atoms with E-state index in [0.717, 1.165) is 12.0 Å². The zero-order valence-electron chi connectivity index (χ0n) is 13.2. The highest BCUT2D eigenvalue weighted by Gasteiger charge is 2.19.